The minimum atomic E-state index is 0.141. The summed E-state index contributed by atoms with van der Waals surface area (Å²) in [6.07, 6.45) is 3.76. The molecule has 0 aliphatic heterocycles. The van der Waals surface area contributed by atoms with Crippen LogP contribution in [0.25, 0.3) is 0 Å². The van der Waals surface area contributed by atoms with Crippen LogP contribution in [0.2, 0.25) is 0 Å². The van der Waals surface area contributed by atoms with E-state index < -0.39 is 0 Å². The van der Waals surface area contributed by atoms with Crippen LogP contribution in [0.5, 0.6) is 0 Å². The molecular weight excluding hydrogens is 246 g/mol. The highest BCUT2D eigenvalue weighted by Crippen LogP contribution is 2.15. The third-order valence-electron chi connectivity index (χ3n) is 2.46. The molecule has 104 valence electrons. The standard InChI is InChI=1S/C12H25N5S/c1-5-6-7-10-18-11-14-15-16-17(11)9-8-13-12(2,3)4/h13H,5-10H2,1-4H3. The number of thioether (sulfide) groups is 1. The molecule has 1 aromatic rings. The van der Waals surface area contributed by atoms with E-state index in [1.165, 1.54) is 19.3 Å². The van der Waals surface area contributed by atoms with Crippen molar-refractivity contribution in [1.29, 1.82) is 0 Å². The predicted octanol–water partition coefficient (Wildman–Crippen LogP) is 2.34. The van der Waals surface area contributed by atoms with Gasteiger partial charge < -0.3 is 5.32 Å². The van der Waals surface area contributed by atoms with Gasteiger partial charge in [-0.2, -0.15) is 0 Å². The summed E-state index contributed by atoms with van der Waals surface area (Å²) in [5.74, 6) is 1.10. The van der Waals surface area contributed by atoms with Crippen molar-refractivity contribution in [2.45, 2.75) is 64.2 Å². The Balaban J connectivity index is 2.31. The first-order valence-corrected chi connectivity index (χ1v) is 7.65. The van der Waals surface area contributed by atoms with Crippen molar-refractivity contribution in [2.75, 3.05) is 12.3 Å². The van der Waals surface area contributed by atoms with Gasteiger partial charge in [0.15, 0.2) is 0 Å². The second kappa shape index (κ2) is 7.74. The molecule has 1 rings (SSSR count). The Kier molecular flexibility index (Phi) is 6.63. The second-order valence-electron chi connectivity index (χ2n) is 5.42. The van der Waals surface area contributed by atoms with Gasteiger partial charge in [0.25, 0.3) is 0 Å². The predicted molar refractivity (Wildman–Crippen MR) is 75.8 cm³/mol. The zero-order valence-corrected chi connectivity index (χ0v) is 12.8. The molecule has 0 atom stereocenters. The van der Waals surface area contributed by atoms with Crippen molar-refractivity contribution >= 4 is 11.8 Å². The SMILES string of the molecule is CCCCCSc1nnnn1CCNC(C)(C)C. The Labute approximate surface area is 114 Å². The van der Waals surface area contributed by atoms with E-state index in [9.17, 15) is 0 Å². The quantitative estimate of drug-likeness (QED) is 0.581. The Hall–Kier alpha value is -0.620. The van der Waals surface area contributed by atoms with Crippen molar-refractivity contribution in [3.63, 3.8) is 0 Å². The number of nitrogens with one attached hydrogen (secondary N) is 1. The summed E-state index contributed by atoms with van der Waals surface area (Å²) in [5, 5.41) is 16.2. The van der Waals surface area contributed by atoms with E-state index in [2.05, 4.69) is 48.5 Å². The molecule has 0 saturated heterocycles. The summed E-state index contributed by atoms with van der Waals surface area (Å²) in [6, 6.07) is 0. The maximum atomic E-state index is 4.07. The maximum absolute atomic E-state index is 4.07. The lowest BCUT2D eigenvalue weighted by atomic mass is 10.1. The number of hydrogen-bond acceptors (Lipinski definition) is 5. The fourth-order valence-corrected chi connectivity index (χ4v) is 2.39. The van der Waals surface area contributed by atoms with Crippen molar-refractivity contribution < 1.29 is 0 Å². The average Bonchev–Trinajstić information content (AvgIpc) is 2.71. The summed E-state index contributed by atoms with van der Waals surface area (Å²) in [4.78, 5) is 0. The van der Waals surface area contributed by atoms with Crippen molar-refractivity contribution in [2.24, 2.45) is 0 Å². The molecule has 0 fully saturated rings. The number of unbranched alkanes of at least 4 members (excludes halogenated alkanes) is 2. The fourth-order valence-electron chi connectivity index (χ4n) is 1.49. The average molecular weight is 271 g/mol. The van der Waals surface area contributed by atoms with Gasteiger partial charge in [0.1, 0.15) is 0 Å². The lowest BCUT2D eigenvalue weighted by molar-refractivity contribution is 0.396. The zero-order valence-electron chi connectivity index (χ0n) is 11.9. The van der Waals surface area contributed by atoms with Crippen LogP contribution in [-0.4, -0.2) is 38.0 Å². The number of tetrazole rings is 1. The molecule has 6 heteroatoms. The van der Waals surface area contributed by atoms with E-state index in [0.717, 1.165) is 24.0 Å². The van der Waals surface area contributed by atoms with Crippen LogP contribution < -0.4 is 5.32 Å². The van der Waals surface area contributed by atoms with Crippen LogP contribution in [-0.2, 0) is 6.54 Å². The highest BCUT2D eigenvalue weighted by molar-refractivity contribution is 7.99. The van der Waals surface area contributed by atoms with Gasteiger partial charge in [0.2, 0.25) is 5.16 Å². The molecule has 0 spiro atoms. The number of hydrogen-bond donors (Lipinski definition) is 1. The summed E-state index contributed by atoms with van der Waals surface area (Å²) in [5.41, 5.74) is 0.141. The monoisotopic (exact) mass is 271 g/mol. The lowest BCUT2D eigenvalue weighted by Gasteiger charge is -2.20. The molecule has 0 aromatic carbocycles. The van der Waals surface area contributed by atoms with Gasteiger partial charge in [0.05, 0.1) is 6.54 Å². The molecule has 0 radical (unpaired) electrons. The minimum absolute atomic E-state index is 0.141. The number of rotatable bonds is 8. The van der Waals surface area contributed by atoms with Crippen LogP contribution >= 0.6 is 11.8 Å². The van der Waals surface area contributed by atoms with Gasteiger partial charge in [-0.1, -0.05) is 31.5 Å². The van der Waals surface area contributed by atoms with Crippen LogP contribution in [0.4, 0.5) is 0 Å². The third-order valence-corrected chi connectivity index (χ3v) is 3.50. The van der Waals surface area contributed by atoms with Crippen molar-refractivity contribution in [1.82, 2.24) is 25.5 Å². The highest BCUT2D eigenvalue weighted by atomic mass is 32.2. The maximum Gasteiger partial charge on any atom is 0.209 e. The van der Waals surface area contributed by atoms with Gasteiger partial charge in [-0.15, -0.1) is 5.10 Å². The number of aromatic nitrogens is 4. The molecule has 1 heterocycles. The van der Waals surface area contributed by atoms with Gasteiger partial charge in [-0.25, -0.2) is 4.68 Å². The lowest BCUT2D eigenvalue weighted by Crippen LogP contribution is -2.38. The van der Waals surface area contributed by atoms with E-state index in [1.54, 1.807) is 11.8 Å². The summed E-state index contributed by atoms with van der Waals surface area (Å²) >= 11 is 1.75. The minimum Gasteiger partial charge on any atom is -0.310 e. The summed E-state index contributed by atoms with van der Waals surface area (Å²) < 4.78 is 1.88. The molecule has 18 heavy (non-hydrogen) atoms. The van der Waals surface area contributed by atoms with Crippen molar-refractivity contribution in [3.8, 4) is 0 Å². The molecule has 0 aliphatic rings. The Morgan fingerprint density at radius 1 is 1.28 bits per heavy atom. The van der Waals surface area contributed by atoms with E-state index in [-0.39, 0.29) is 5.54 Å². The molecule has 1 aromatic heterocycles. The molecule has 0 aliphatic carbocycles. The third kappa shape index (κ3) is 6.35. The largest absolute Gasteiger partial charge is 0.310 e. The Bertz CT molecular complexity index is 331. The van der Waals surface area contributed by atoms with Crippen LogP contribution in [0, 0.1) is 0 Å². The van der Waals surface area contributed by atoms with Crippen LogP contribution in [0.15, 0.2) is 5.16 Å². The van der Waals surface area contributed by atoms with Crippen LogP contribution in [0.3, 0.4) is 0 Å². The van der Waals surface area contributed by atoms with Gasteiger partial charge in [-0.05, 0) is 37.6 Å². The summed E-state index contributed by atoms with van der Waals surface area (Å²) in [6.45, 7) is 10.4. The Morgan fingerprint density at radius 2 is 2.06 bits per heavy atom. The van der Waals surface area contributed by atoms with Gasteiger partial charge in [0, 0.05) is 17.8 Å². The first-order chi connectivity index (χ1) is 8.53. The smallest absolute Gasteiger partial charge is 0.209 e. The molecule has 0 bridgehead atoms. The molecule has 0 amide bonds. The molecule has 0 saturated carbocycles. The molecule has 1 N–H and O–H groups in total. The normalized spacial score (nSPS) is 12.0. The first-order valence-electron chi connectivity index (χ1n) is 6.67. The topological polar surface area (TPSA) is 55.6 Å². The highest BCUT2D eigenvalue weighted by Gasteiger charge is 2.10. The number of nitrogens with zero attached hydrogens (tertiary/aromatic N) is 4. The molecule has 5 nitrogen and oxygen atoms in total. The van der Waals surface area contributed by atoms with E-state index in [1.807, 2.05) is 4.68 Å². The van der Waals surface area contributed by atoms with E-state index in [4.69, 9.17) is 0 Å². The zero-order chi connectivity index (χ0) is 13.4. The van der Waals surface area contributed by atoms with Crippen LogP contribution in [0.1, 0.15) is 47.0 Å². The fraction of sp³-hybridized carbons (Fsp3) is 0.917. The van der Waals surface area contributed by atoms with Gasteiger partial charge in [-0.3, -0.25) is 0 Å². The van der Waals surface area contributed by atoms with Gasteiger partial charge >= 0.3 is 0 Å². The Morgan fingerprint density at radius 3 is 2.72 bits per heavy atom. The molecular formula is C12H25N5S. The molecule has 0 unspecified atom stereocenters. The summed E-state index contributed by atoms with van der Waals surface area (Å²) in [7, 11) is 0. The van der Waals surface area contributed by atoms with E-state index >= 15 is 0 Å². The first kappa shape index (κ1) is 15.4. The van der Waals surface area contributed by atoms with Crippen molar-refractivity contribution in [3.05, 3.63) is 0 Å². The van der Waals surface area contributed by atoms with E-state index in [0.29, 0.717) is 0 Å². The second-order valence-corrected chi connectivity index (χ2v) is 6.48.